The van der Waals surface area contributed by atoms with Crippen molar-refractivity contribution in [2.75, 3.05) is 12.4 Å². The zero-order chi connectivity index (χ0) is 16.5. The standard InChI is InChI=1S/C18H17N5O/c1-12-3-5-13(6-4-12)16-11-17(23-18(19-16)20-21-22-23)14-7-9-15(24-2)10-8-14/h3-11,17H,1-2H3,(H,19,20,22)/t17-/m0/s1. The van der Waals surface area contributed by atoms with E-state index in [1.54, 1.807) is 11.8 Å². The van der Waals surface area contributed by atoms with Crippen LogP contribution in [0.15, 0.2) is 54.6 Å². The highest BCUT2D eigenvalue weighted by Crippen LogP contribution is 2.32. The molecule has 3 aromatic rings. The summed E-state index contributed by atoms with van der Waals surface area (Å²) in [5.74, 6) is 1.46. The van der Waals surface area contributed by atoms with E-state index >= 15 is 0 Å². The number of tetrazole rings is 1. The Morgan fingerprint density at radius 1 is 1.04 bits per heavy atom. The van der Waals surface area contributed by atoms with Crippen LogP contribution >= 0.6 is 0 Å². The third-order valence-electron chi connectivity index (χ3n) is 4.15. The molecule has 2 aromatic carbocycles. The number of nitrogens with one attached hydrogen (secondary N) is 1. The first-order chi connectivity index (χ1) is 11.7. The summed E-state index contributed by atoms with van der Waals surface area (Å²) >= 11 is 0. The highest BCUT2D eigenvalue weighted by atomic mass is 16.5. The van der Waals surface area contributed by atoms with Crippen molar-refractivity contribution < 1.29 is 4.74 Å². The number of hydrogen-bond donors (Lipinski definition) is 1. The Morgan fingerprint density at radius 3 is 2.50 bits per heavy atom. The lowest BCUT2D eigenvalue weighted by Crippen LogP contribution is -2.20. The first kappa shape index (κ1) is 14.4. The molecule has 0 aliphatic carbocycles. The molecule has 1 aliphatic rings. The molecule has 6 nitrogen and oxygen atoms in total. The Bertz CT molecular complexity index is 881. The first-order valence-electron chi connectivity index (χ1n) is 7.72. The summed E-state index contributed by atoms with van der Waals surface area (Å²) in [6.07, 6.45) is 2.13. The van der Waals surface area contributed by atoms with Gasteiger partial charge in [-0.05, 0) is 46.7 Å². The average Bonchev–Trinajstić information content (AvgIpc) is 3.10. The summed E-state index contributed by atoms with van der Waals surface area (Å²) in [5, 5.41) is 15.3. The predicted octanol–water partition coefficient (Wildman–Crippen LogP) is 3.05. The lowest BCUT2D eigenvalue weighted by atomic mass is 10.0. The maximum absolute atomic E-state index is 5.24. The number of aryl methyl sites for hydroxylation is 1. The lowest BCUT2D eigenvalue weighted by molar-refractivity contribution is 0.414. The first-order valence-corrected chi connectivity index (χ1v) is 7.72. The fourth-order valence-corrected chi connectivity index (χ4v) is 2.79. The fraction of sp³-hybridized carbons (Fsp3) is 0.167. The molecule has 0 bridgehead atoms. The molecule has 1 aromatic heterocycles. The topological polar surface area (TPSA) is 64.9 Å². The van der Waals surface area contributed by atoms with Crippen molar-refractivity contribution in [2.45, 2.75) is 13.0 Å². The van der Waals surface area contributed by atoms with Gasteiger partial charge in [0.25, 0.3) is 0 Å². The Hall–Kier alpha value is -3.15. The van der Waals surface area contributed by atoms with E-state index in [9.17, 15) is 0 Å². The number of nitrogens with zero attached hydrogens (tertiary/aromatic N) is 4. The molecule has 0 amide bonds. The van der Waals surface area contributed by atoms with Crippen LogP contribution in [0.25, 0.3) is 5.70 Å². The van der Waals surface area contributed by atoms with Crippen LogP contribution in [-0.4, -0.2) is 27.3 Å². The van der Waals surface area contributed by atoms with Crippen LogP contribution in [0.5, 0.6) is 5.75 Å². The van der Waals surface area contributed by atoms with Gasteiger partial charge in [-0.25, -0.2) is 0 Å². The number of benzene rings is 2. The van der Waals surface area contributed by atoms with Crippen LogP contribution in [0.2, 0.25) is 0 Å². The van der Waals surface area contributed by atoms with Crippen LogP contribution < -0.4 is 10.1 Å². The van der Waals surface area contributed by atoms with Crippen molar-refractivity contribution in [3.05, 3.63) is 71.3 Å². The largest absolute Gasteiger partial charge is 0.497 e. The van der Waals surface area contributed by atoms with Crippen LogP contribution in [0.4, 0.5) is 5.95 Å². The van der Waals surface area contributed by atoms with E-state index in [1.807, 2.05) is 24.3 Å². The van der Waals surface area contributed by atoms with Gasteiger partial charge in [0.1, 0.15) is 11.8 Å². The van der Waals surface area contributed by atoms with Gasteiger partial charge in [-0.15, -0.1) is 0 Å². The molecule has 24 heavy (non-hydrogen) atoms. The second-order valence-electron chi connectivity index (χ2n) is 5.74. The zero-order valence-corrected chi connectivity index (χ0v) is 13.5. The van der Waals surface area contributed by atoms with E-state index in [2.05, 4.69) is 58.1 Å². The third-order valence-corrected chi connectivity index (χ3v) is 4.15. The SMILES string of the molecule is COc1ccc([C@@H]2C=C(c3ccc(C)cc3)Nc3nnnn32)cc1. The van der Waals surface area contributed by atoms with Gasteiger partial charge in [0.2, 0.25) is 5.95 Å². The van der Waals surface area contributed by atoms with Gasteiger partial charge in [-0.2, -0.15) is 4.68 Å². The van der Waals surface area contributed by atoms with Crippen molar-refractivity contribution in [1.82, 2.24) is 20.2 Å². The van der Waals surface area contributed by atoms with E-state index in [0.29, 0.717) is 5.95 Å². The minimum absolute atomic E-state index is 0.0709. The number of methoxy groups -OCH3 is 1. The maximum atomic E-state index is 5.24. The van der Waals surface area contributed by atoms with Crippen molar-refractivity contribution in [2.24, 2.45) is 0 Å². The van der Waals surface area contributed by atoms with Gasteiger partial charge in [0.05, 0.1) is 7.11 Å². The quantitative estimate of drug-likeness (QED) is 0.804. The van der Waals surface area contributed by atoms with Gasteiger partial charge in [-0.3, -0.25) is 0 Å². The predicted molar refractivity (Wildman–Crippen MR) is 91.7 cm³/mol. The Balaban J connectivity index is 1.77. The minimum Gasteiger partial charge on any atom is -0.497 e. The van der Waals surface area contributed by atoms with E-state index in [0.717, 1.165) is 22.6 Å². The molecule has 120 valence electrons. The van der Waals surface area contributed by atoms with Crippen LogP contribution in [0.3, 0.4) is 0 Å². The molecule has 6 heteroatoms. The Kier molecular flexibility index (Phi) is 3.49. The van der Waals surface area contributed by atoms with Gasteiger partial charge in [0, 0.05) is 5.70 Å². The molecule has 1 N–H and O–H groups in total. The number of rotatable bonds is 3. The molecular formula is C18H17N5O. The number of allylic oxidation sites excluding steroid dienone is 1. The summed E-state index contributed by atoms with van der Waals surface area (Å²) < 4.78 is 7.02. The van der Waals surface area contributed by atoms with E-state index < -0.39 is 0 Å². The second kappa shape index (κ2) is 5.81. The molecule has 0 fully saturated rings. The van der Waals surface area contributed by atoms with Gasteiger partial charge >= 0.3 is 0 Å². The second-order valence-corrected chi connectivity index (χ2v) is 5.74. The summed E-state index contributed by atoms with van der Waals surface area (Å²) in [6.45, 7) is 2.08. The average molecular weight is 319 g/mol. The van der Waals surface area contributed by atoms with E-state index in [-0.39, 0.29) is 6.04 Å². The normalized spacial score (nSPS) is 16.1. The molecule has 1 aliphatic heterocycles. The number of hydrogen-bond acceptors (Lipinski definition) is 5. The third kappa shape index (κ3) is 2.52. The highest BCUT2D eigenvalue weighted by molar-refractivity contribution is 5.77. The number of aromatic nitrogens is 4. The summed E-state index contributed by atoms with van der Waals surface area (Å²) in [7, 11) is 1.66. The van der Waals surface area contributed by atoms with Gasteiger partial charge < -0.3 is 10.1 Å². The highest BCUT2D eigenvalue weighted by Gasteiger charge is 2.24. The zero-order valence-electron chi connectivity index (χ0n) is 13.5. The van der Waals surface area contributed by atoms with Crippen LogP contribution in [0.1, 0.15) is 22.7 Å². The van der Waals surface area contributed by atoms with Crippen LogP contribution in [0, 0.1) is 6.92 Å². The summed E-state index contributed by atoms with van der Waals surface area (Å²) in [5.41, 5.74) is 4.42. The van der Waals surface area contributed by atoms with Crippen molar-refractivity contribution in [3.8, 4) is 5.75 Å². The molecule has 1 atom stereocenters. The monoisotopic (exact) mass is 319 g/mol. The minimum atomic E-state index is -0.0709. The van der Waals surface area contributed by atoms with E-state index in [4.69, 9.17) is 4.74 Å². The van der Waals surface area contributed by atoms with Crippen molar-refractivity contribution >= 4 is 11.6 Å². The molecular weight excluding hydrogens is 302 g/mol. The maximum Gasteiger partial charge on any atom is 0.248 e. The molecule has 4 rings (SSSR count). The van der Waals surface area contributed by atoms with Gasteiger partial charge in [-0.1, -0.05) is 47.1 Å². The number of anilines is 1. The molecule has 0 spiro atoms. The lowest BCUT2D eigenvalue weighted by Gasteiger charge is -2.23. The Morgan fingerprint density at radius 2 is 1.79 bits per heavy atom. The van der Waals surface area contributed by atoms with Crippen molar-refractivity contribution in [1.29, 1.82) is 0 Å². The Labute approximate surface area is 139 Å². The molecule has 0 saturated carbocycles. The number of fused-ring (bicyclic) bond motifs is 1. The smallest absolute Gasteiger partial charge is 0.248 e. The molecule has 0 unspecified atom stereocenters. The molecule has 0 radical (unpaired) electrons. The van der Waals surface area contributed by atoms with Gasteiger partial charge in [0.15, 0.2) is 0 Å². The number of ether oxygens (including phenoxy) is 1. The molecule has 2 heterocycles. The summed E-state index contributed by atoms with van der Waals surface area (Å²) in [4.78, 5) is 0. The van der Waals surface area contributed by atoms with E-state index in [1.165, 1.54) is 5.56 Å². The fourth-order valence-electron chi connectivity index (χ4n) is 2.79. The van der Waals surface area contributed by atoms with Crippen LogP contribution in [-0.2, 0) is 0 Å². The van der Waals surface area contributed by atoms with Crippen molar-refractivity contribution in [3.63, 3.8) is 0 Å². The summed E-state index contributed by atoms with van der Waals surface area (Å²) in [6, 6.07) is 16.3. The molecule has 0 saturated heterocycles.